The van der Waals surface area contributed by atoms with Crippen molar-refractivity contribution in [2.75, 3.05) is 0 Å². The fourth-order valence-corrected chi connectivity index (χ4v) is 2.37. The Morgan fingerprint density at radius 1 is 0.625 bits per heavy atom. The Morgan fingerprint density at radius 3 is 1.62 bits per heavy atom. The van der Waals surface area contributed by atoms with Gasteiger partial charge in [0, 0.05) is 6.21 Å². The molecule has 3 rings (SSSR count). The molecule has 0 aliphatic rings. The third-order valence-electron chi connectivity index (χ3n) is 3.79. The van der Waals surface area contributed by atoms with Crippen LogP contribution in [0.3, 0.4) is 0 Å². The van der Waals surface area contributed by atoms with E-state index in [1.807, 2.05) is 36.6 Å². The van der Waals surface area contributed by atoms with E-state index in [-0.39, 0.29) is 0 Å². The molecule has 3 aromatic rings. The number of rotatable bonds is 5. The highest BCUT2D eigenvalue weighted by atomic mass is 14.7. The first kappa shape index (κ1) is 15.6. The Bertz CT molecular complexity index is 855. The van der Waals surface area contributed by atoms with Gasteiger partial charge in [-0.25, -0.2) is 0 Å². The number of hydrogen-bond acceptors (Lipinski definition) is 2. The molecule has 2 nitrogen and oxygen atoms in total. The standard InChI is InChI=1S/C22H18N2/c1-3-17-4-8-19(9-5-17)20-10-6-18(7-11-20)16-24-22-14-12-21(23-2)13-15-22/h3-16H,1-2H2. The van der Waals surface area contributed by atoms with Crippen LogP contribution in [0.2, 0.25) is 0 Å². The predicted molar refractivity (Wildman–Crippen MR) is 105 cm³/mol. The van der Waals surface area contributed by atoms with Crippen molar-refractivity contribution in [1.82, 2.24) is 0 Å². The fourth-order valence-electron chi connectivity index (χ4n) is 2.37. The molecular weight excluding hydrogens is 292 g/mol. The van der Waals surface area contributed by atoms with Crippen LogP contribution >= 0.6 is 0 Å². The lowest BCUT2D eigenvalue weighted by molar-refractivity contribution is 1.49. The first-order valence-electron chi connectivity index (χ1n) is 7.72. The fraction of sp³-hybridized carbons (Fsp3) is 0. The molecule has 0 unspecified atom stereocenters. The average Bonchev–Trinajstić information content (AvgIpc) is 2.67. The minimum Gasteiger partial charge on any atom is -0.265 e. The van der Waals surface area contributed by atoms with E-state index in [2.05, 4.69) is 71.8 Å². The van der Waals surface area contributed by atoms with Gasteiger partial charge in [0.15, 0.2) is 0 Å². The Hall–Kier alpha value is -3.26. The van der Waals surface area contributed by atoms with Crippen molar-refractivity contribution in [2.24, 2.45) is 9.98 Å². The largest absolute Gasteiger partial charge is 0.265 e. The smallest absolute Gasteiger partial charge is 0.0631 e. The van der Waals surface area contributed by atoms with Gasteiger partial charge in [-0.1, -0.05) is 61.2 Å². The topological polar surface area (TPSA) is 24.7 Å². The van der Waals surface area contributed by atoms with Crippen LogP contribution in [-0.4, -0.2) is 12.9 Å². The Labute approximate surface area is 142 Å². The molecule has 0 fully saturated rings. The molecule has 0 spiro atoms. The molecule has 0 atom stereocenters. The molecule has 2 heteroatoms. The average molecular weight is 310 g/mol. The lowest BCUT2D eigenvalue weighted by atomic mass is 10.0. The zero-order valence-corrected chi connectivity index (χ0v) is 13.4. The molecule has 0 aromatic heterocycles. The SMILES string of the molecule is C=Cc1ccc(-c2ccc(C=Nc3ccc(N=C)cc3)cc2)cc1. The quantitative estimate of drug-likeness (QED) is 0.510. The molecule has 0 radical (unpaired) electrons. The van der Waals surface area contributed by atoms with E-state index in [0.29, 0.717) is 0 Å². The lowest BCUT2D eigenvalue weighted by Crippen LogP contribution is -1.82. The van der Waals surface area contributed by atoms with Crippen LogP contribution in [0.1, 0.15) is 11.1 Å². The Kier molecular flexibility index (Phi) is 4.78. The maximum Gasteiger partial charge on any atom is 0.0631 e. The van der Waals surface area contributed by atoms with E-state index in [9.17, 15) is 0 Å². The van der Waals surface area contributed by atoms with E-state index in [0.717, 1.165) is 22.5 Å². The van der Waals surface area contributed by atoms with Gasteiger partial charge >= 0.3 is 0 Å². The normalized spacial score (nSPS) is 10.7. The molecule has 0 aliphatic carbocycles. The summed E-state index contributed by atoms with van der Waals surface area (Å²) in [6.45, 7) is 7.28. The minimum absolute atomic E-state index is 0.848. The van der Waals surface area contributed by atoms with E-state index in [4.69, 9.17) is 0 Å². The van der Waals surface area contributed by atoms with Gasteiger partial charge in [-0.3, -0.25) is 9.98 Å². The van der Waals surface area contributed by atoms with Crippen molar-refractivity contribution in [1.29, 1.82) is 0 Å². The summed E-state index contributed by atoms with van der Waals surface area (Å²) in [4.78, 5) is 8.35. The van der Waals surface area contributed by atoms with E-state index < -0.39 is 0 Å². The molecule has 0 saturated carbocycles. The lowest BCUT2D eigenvalue weighted by Gasteiger charge is -2.03. The second-order valence-corrected chi connectivity index (χ2v) is 5.38. The second kappa shape index (κ2) is 7.34. The van der Waals surface area contributed by atoms with Crippen LogP contribution in [-0.2, 0) is 0 Å². The molecule has 3 aromatic carbocycles. The van der Waals surface area contributed by atoms with Crippen LogP contribution < -0.4 is 0 Å². The monoisotopic (exact) mass is 310 g/mol. The van der Waals surface area contributed by atoms with Gasteiger partial charge in [0.25, 0.3) is 0 Å². The predicted octanol–water partition coefficient (Wildman–Crippen LogP) is 6.08. The second-order valence-electron chi connectivity index (χ2n) is 5.38. The molecular formula is C22H18N2. The molecule has 0 N–H and O–H groups in total. The van der Waals surface area contributed by atoms with Crippen molar-refractivity contribution < 1.29 is 0 Å². The zero-order chi connectivity index (χ0) is 16.8. The van der Waals surface area contributed by atoms with Crippen LogP contribution in [0.4, 0.5) is 11.4 Å². The van der Waals surface area contributed by atoms with Crippen molar-refractivity contribution in [3.63, 3.8) is 0 Å². The summed E-state index contributed by atoms with van der Waals surface area (Å²) >= 11 is 0. The first-order chi connectivity index (χ1) is 11.8. The third-order valence-corrected chi connectivity index (χ3v) is 3.79. The molecule has 0 saturated heterocycles. The van der Waals surface area contributed by atoms with Crippen molar-refractivity contribution in [3.05, 3.63) is 90.5 Å². The van der Waals surface area contributed by atoms with E-state index in [1.54, 1.807) is 0 Å². The van der Waals surface area contributed by atoms with Gasteiger partial charge in [0.1, 0.15) is 0 Å². The molecule has 0 heterocycles. The van der Waals surface area contributed by atoms with Gasteiger partial charge in [0.2, 0.25) is 0 Å². The van der Waals surface area contributed by atoms with Gasteiger partial charge in [0.05, 0.1) is 11.4 Å². The highest BCUT2D eigenvalue weighted by molar-refractivity contribution is 5.83. The van der Waals surface area contributed by atoms with E-state index >= 15 is 0 Å². The Morgan fingerprint density at radius 2 is 1.12 bits per heavy atom. The summed E-state index contributed by atoms with van der Waals surface area (Å²) in [5.74, 6) is 0. The van der Waals surface area contributed by atoms with Crippen molar-refractivity contribution in [3.8, 4) is 11.1 Å². The molecule has 0 aliphatic heterocycles. The summed E-state index contributed by atoms with van der Waals surface area (Å²) in [6, 6.07) is 24.4. The van der Waals surface area contributed by atoms with Crippen molar-refractivity contribution in [2.45, 2.75) is 0 Å². The molecule has 0 bridgehead atoms. The molecule has 24 heavy (non-hydrogen) atoms. The van der Waals surface area contributed by atoms with Crippen LogP contribution in [0.15, 0.2) is 89.4 Å². The van der Waals surface area contributed by atoms with Gasteiger partial charge in [-0.2, -0.15) is 0 Å². The first-order valence-corrected chi connectivity index (χ1v) is 7.72. The highest BCUT2D eigenvalue weighted by Gasteiger charge is 1.97. The number of hydrogen-bond donors (Lipinski definition) is 0. The maximum absolute atomic E-state index is 4.48. The van der Waals surface area contributed by atoms with Crippen LogP contribution in [0.5, 0.6) is 0 Å². The summed E-state index contributed by atoms with van der Waals surface area (Å²) < 4.78 is 0. The summed E-state index contributed by atoms with van der Waals surface area (Å²) in [7, 11) is 0. The number of benzene rings is 3. The zero-order valence-electron chi connectivity index (χ0n) is 13.4. The molecule has 0 amide bonds. The third kappa shape index (κ3) is 3.73. The summed E-state index contributed by atoms with van der Waals surface area (Å²) in [5, 5.41) is 0. The van der Waals surface area contributed by atoms with Crippen LogP contribution in [0.25, 0.3) is 17.2 Å². The molecule has 116 valence electrons. The Balaban J connectivity index is 1.74. The van der Waals surface area contributed by atoms with Crippen LogP contribution in [0, 0.1) is 0 Å². The summed E-state index contributed by atoms with van der Waals surface area (Å²) in [5.41, 5.74) is 6.31. The van der Waals surface area contributed by atoms with Gasteiger partial charge in [-0.15, -0.1) is 0 Å². The number of aliphatic imine (C=N–C) groups is 2. The summed E-state index contributed by atoms with van der Waals surface area (Å²) in [6.07, 6.45) is 3.71. The minimum atomic E-state index is 0.848. The number of nitrogens with zero attached hydrogens (tertiary/aromatic N) is 2. The van der Waals surface area contributed by atoms with Gasteiger partial charge < -0.3 is 0 Å². The van der Waals surface area contributed by atoms with Crippen molar-refractivity contribution >= 4 is 30.4 Å². The maximum atomic E-state index is 4.48. The van der Waals surface area contributed by atoms with E-state index in [1.165, 1.54) is 11.1 Å². The van der Waals surface area contributed by atoms with Gasteiger partial charge in [-0.05, 0) is 53.2 Å². The highest BCUT2D eigenvalue weighted by Crippen LogP contribution is 2.21.